The number of carbonyl (C=O) groups excluding carboxylic acids is 2. The topological polar surface area (TPSA) is 80.1 Å². The molecule has 0 spiro atoms. The first kappa shape index (κ1) is 18.7. The molecule has 1 heterocycles. The Kier molecular flexibility index (Phi) is 6.72. The predicted octanol–water partition coefficient (Wildman–Crippen LogP) is 3.62. The molecular weight excluding hydrogens is 336 g/mol. The van der Waals surface area contributed by atoms with Crippen LogP contribution >= 0.6 is 11.8 Å². The van der Waals surface area contributed by atoms with Crippen molar-refractivity contribution in [3.05, 3.63) is 48.0 Å². The highest BCUT2D eigenvalue weighted by Gasteiger charge is 2.15. The van der Waals surface area contributed by atoms with E-state index >= 15 is 0 Å². The smallest absolute Gasteiger partial charge is 0.313 e. The standard InChI is InChI=1S/C19H18N2O3S/c1-13(2)24-18(23)10-16(22)12-25-19-15(11-20)8-9-17(21-19)14-6-4-3-5-7-14/h3-9,13H,10,12H2,1-2H3. The zero-order chi connectivity index (χ0) is 18.2. The molecule has 0 saturated heterocycles. The molecule has 0 atom stereocenters. The van der Waals surface area contributed by atoms with Crippen LogP contribution in [0.25, 0.3) is 11.3 Å². The Hall–Kier alpha value is -2.65. The Morgan fingerprint density at radius 2 is 1.92 bits per heavy atom. The molecule has 2 aromatic rings. The molecule has 0 amide bonds. The number of nitrogens with zero attached hydrogens (tertiary/aromatic N) is 2. The number of carbonyl (C=O) groups is 2. The largest absolute Gasteiger partial charge is 0.463 e. The number of ketones is 1. The van der Waals surface area contributed by atoms with Crippen LogP contribution in [0, 0.1) is 11.3 Å². The van der Waals surface area contributed by atoms with Gasteiger partial charge in [-0.15, -0.1) is 0 Å². The quantitative estimate of drug-likeness (QED) is 0.429. The van der Waals surface area contributed by atoms with Crippen molar-refractivity contribution in [2.75, 3.05) is 5.75 Å². The van der Waals surface area contributed by atoms with E-state index < -0.39 is 5.97 Å². The van der Waals surface area contributed by atoms with E-state index in [0.717, 1.165) is 23.0 Å². The number of esters is 1. The summed E-state index contributed by atoms with van der Waals surface area (Å²) < 4.78 is 4.96. The Morgan fingerprint density at radius 3 is 2.56 bits per heavy atom. The Morgan fingerprint density at radius 1 is 1.20 bits per heavy atom. The van der Waals surface area contributed by atoms with Crippen molar-refractivity contribution in [3.63, 3.8) is 0 Å². The third-order valence-corrected chi connectivity index (χ3v) is 4.18. The highest BCUT2D eigenvalue weighted by Crippen LogP contribution is 2.25. The number of Topliss-reactive ketones (excluding diaryl/α,β-unsaturated/α-hetero) is 1. The lowest BCUT2D eigenvalue weighted by atomic mass is 10.1. The number of rotatable bonds is 7. The number of hydrogen-bond donors (Lipinski definition) is 0. The van der Waals surface area contributed by atoms with Crippen LogP contribution in [0.2, 0.25) is 0 Å². The number of nitriles is 1. The fourth-order valence-corrected chi connectivity index (χ4v) is 2.90. The van der Waals surface area contributed by atoms with Gasteiger partial charge < -0.3 is 4.74 Å². The Balaban J connectivity index is 2.07. The highest BCUT2D eigenvalue weighted by atomic mass is 32.2. The summed E-state index contributed by atoms with van der Waals surface area (Å²) in [5.41, 5.74) is 2.07. The van der Waals surface area contributed by atoms with Crippen LogP contribution < -0.4 is 0 Å². The summed E-state index contributed by atoms with van der Waals surface area (Å²) in [4.78, 5) is 27.9. The van der Waals surface area contributed by atoms with Crippen molar-refractivity contribution in [2.45, 2.75) is 31.4 Å². The summed E-state index contributed by atoms with van der Waals surface area (Å²) >= 11 is 1.16. The first-order valence-electron chi connectivity index (χ1n) is 7.80. The molecule has 0 saturated carbocycles. The molecule has 6 heteroatoms. The van der Waals surface area contributed by atoms with Crippen molar-refractivity contribution >= 4 is 23.5 Å². The molecule has 0 bridgehead atoms. The van der Waals surface area contributed by atoms with Gasteiger partial charge in [-0.3, -0.25) is 9.59 Å². The summed E-state index contributed by atoms with van der Waals surface area (Å²) in [6.45, 7) is 3.46. The van der Waals surface area contributed by atoms with E-state index in [4.69, 9.17) is 4.74 Å². The van der Waals surface area contributed by atoms with E-state index in [1.807, 2.05) is 30.3 Å². The van der Waals surface area contributed by atoms with Crippen LogP contribution in [-0.2, 0) is 14.3 Å². The maximum absolute atomic E-state index is 11.9. The highest BCUT2D eigenvalue weighted by molar-refractivity contribution is 8.00. The molecule has 0 radical (unpaired) electrons. The van der Waals surface area contributed by atoms with Gasteiger partial charge in [-0.25, -0.2) is 4.98 Å². The molecule has 2 rings (SSSR count). The van der Waals surface area contributed by atoms with Crippen molar-refractivity contribution in [1.29, 1.82) is 5.26 Å². The molecule has 0 N–H and O–H groups in total. The Labute approximate surface area is 151 Å². The van der Waals surface area contributed by atoms with Gasteiger partial charge in [0.25, 0.3) is 0 Å². The third-order valence-electron chi connectivity index (χ3n) is 3.13. The first-order valence-corrected chi connectivity index (χ1v) is 8.78. The summed E-state index contributed by atoms with van der Waals surface area (Å²) in [5.74, 6) is -0.730. The number of thioether (sulfide) groups is 1. The van der Waals surface area contributed by atoms with Crippen molar-refractivity contribution in [2.24, 2.45) is 0 Å². The molecular formula is C19H18N2O3S. The van der Waals surface area contributed by atoms with Gasteiger partial charge in [0.05, 0.1) is 23.1 Å². The van der Waals surface area contributed by atoms with E-state index in [9.17, 15) is 14.9 Å². The van der Waals surface area contributed by atoms with Gasteiger partial charge in [-0.2, -0.15) is 5.26 Å². The monoisotopic (exact) mass is 354 g/mol. The second-order valence-corrected chi connectivity index (χ2v) is 6.53. The zero-order valence-electron chi connectivity index (χ0n) is 14.1. The van der Waals surface area contributed by atoms with Gasteiger partial charge in [0.15, 0.2) is 5.78 Å². The van der Waals surface area contributed by atoms with Crippen molar-refractivity contribution in [1.82, 2.24) is 4.98 Å². The molecule has 0 aliphatic rings. The van der Waals surface area contributed by atoms with Crippen molar-refractivity contribution in [3.8, 4) is 17.3 Å². The van der Waals surface area contributed by atoms with E-state index in [1.54, 1.807) is 26.0 Å². The van der Waals surface area contributed by atoms with Gasteiger partial charge in [0.1, 0.15) is 17.5 Å². The van der Waals surface area contributed by atoms with Gasteiger partial charge in [-0.1, -0.05) is 42.1 Å². The molecule has 1 aromatic carbocycles. The first-order chi connectivity index (χ1) is 12.0. The summed E-state index contributed by atoms with van der Waals surface area (Å²) in [7, 11) is 0. The van der Waals surface area contributed by atoms with E-state index in [0.29, 0.717) is 10.6 Å². The lowest BCUT2D eigenvalue weighted by Gasteiger charge is -2.08. The zero-order valence-corrected chi connectivity index (χ0v) is 14.9. The fourth-order valence-electron chi connectivity index (χ4n) is 2.07. The van der Waals surface area contributed by atoms with Crippen LogP contribution in [0.4, 0.5) is 0 Å². The number of hydrogen-bond acceptors (Lipinski definition) is 6. The number of aromatic nitrogens is 1. The lowest BCUT2D eigenvalue weighted by Crippen LogP contribution is -2.16. The van der Waals surface area contributed by atoms with Crippen LogP contribution in [0.5, 0.6) is 0 Å². The summed E-state index contributed by atoms with van der Waals surface area (Å²) in [6, 6.07) is 15.1. The Bertz CT molecular complexity index is 798. The number of benzene rings is 1. The minimum atomic E-state index is -0.535. The molecule has 0 fully saturated rings. The molecule has 0 aliphatic heterocycles. The molecule has 1 aromatic heterocycles. The number of pyridine rings is 1. The van der Waals surface area contributed by atoms with Gasteiger partial charge in [0.2, 0.25) is 0 Å². The average molecular weight is 354 g/mol. The number of ether oxygens (including phenoxy) is 1. The molecule has 0 unspecified atom stereocenters. The third kappa shape index (κ3) is 5.73. The average Bonchev–Trinajstić information content (AvgIpc) is 2.59. The lowest BCUT2D eigenvalue weighted by molar-refractivity contribution is -0.149. The minimum Gasteiger partial charge on any atom is -0.463 e. The van der Waals surface area contributed by atoms with E-state index in [2.05, 4.69) is 11.1 Å². The maximum atomic E-state index is 11.9. The fraction of sp³-hybridized carbons (Fsp3) is 0.263. The SMILES string of the molecule is CC(C)OC(=O)CC(=O)CSc1nc(-c2ccccc2)ccc1C#N. The van der Waals surface area contributed by atoms with E-state index in [-0.39, 0.29) is 24.1 Å². The molecule has 25 heavy (non-hydrogen) atoms. The van der Waals surface area contributed by atoms with Crippen LogP contribution in [-0.4, -0.2) is 28.6 Å². The minimum absolute atomic E-state index is 0.0626. The van der Waals surface area contributed by atoms with E-state index in [1.165, 1.54) is 0 Å². The summed E-state index contributed by atoms with van der Waals surface area (Å²) in [6.07, 6.45) is -0.520. The molecule has 5 nitrogen and oxygen atoms in total. The molecule has 128 valence electrons. The van der Waals surface area contributed by atoms with Crippen LogP contribution in [0.1, 0.15) is 25.8 Å². The maximum Gasteiger partial charge on any atom is 0.313 e. The van der Waals surface area contributed by atoms with Gasteiger partial charge in [0, 0.05) is 5.56 Å². The predicted molar refractivity (Wildman–Crippen MR) is 96.0 cm³/mol. The van der Waals surface area contributed by atoms with Crippen LogP contribution in [0.15, 0.2) is 47.5 Å². The van der Waals surface area contributed by atoms with Gasteiger partial charge in [-0.05, 0) is 26.0 Å². The normalized spacial score (nSPS) is 10.3. The second-order valence-electron chi connectivity index (χ2n) is 5.57. The molecule has 0 aliphatic carbocycles. The second kappa shape index (κ2) is 9.00. The summed E-state index contributed by atoms with van der Waals surface area (Å²) in [5, 5.41) is 9.71. The van der Waals surface area contributed by atoms with Crippen molar-refractivity contribution < 1.29 is 14.3 Å². The van der Waals surface area contributed by atoms with Gasteiger partial charge >= 0.3 is 5.97 Å². The van der Waals surface area contributed by atoms with Crippen LogP contribution in [0.3, 0.4) is 0 Å².